The summed E-state index contributed by atoms with van der Waals surface area (Å²) in [7, 11) is -2.13. The molecule has 7 nitrogen and oxygen atoms in total. The molecule has 1 atom stereocenters. The number of hydrogen-bond acceptors (Lipinski definition) is 6. The molecule has 0 saturated carbocycles. The van der Waals surface area contributed by atoms with E-state index in [0.29, 0.717) is 17.1 Å². The summed E-state index contributed by atoms with van der Waals surface area (Å²) in [5.74, 6) is 1.10. The zero-order valence-corrected chi connectivity index (χ0v) is 14.5. The standard InChI is InChI=1S/C17H17N3O4S/c1-12(20-25(21,22)13-8-4-3-5-9-13)17-18-16(19-24-17)14-10-6-7-11-15(14)23-2/h3-12,20H,1-2H3/t12-/m1/s1. The van der Waals surface area contributed by atoms with Crippen molar-refractivity contribution in [2.45, 2.75) is 17.9 Å². The van der Waals surface area contributed by atoms with Crippen molar-refractivity contribution in [3.8, 4) is 17.1 Å². The Hall–Kier alpha value is -2.71. The number of methoxy groups -OCH3 is 1. The van der Waals surface area contributed by atoms with Gasteiger partial charge in [0, 0.05) is 0 Å². The lowest BCUT2D eigenvalue weighted by molar-refractivity contribution is 0.353. The number of ether oxygens (including phenoxy) is 1. The van der Waals surface area contributed by atoms with Crippen LogP contribution < -0.4 is 9.46 Å². The van der Waals surface area contributed by atoms with E-state index in [-0.39, 0.29) is 10.8 Å². The second-order valence-electron chi connectivity index (χ2n) is 5.31. The first-order valence-electron chi connectivity index (χ1n) is 7.55. The lowest BCUT2D eigenvalue weighted by Crippen LogP contribution is -2.27. The van der Waals surface area contributed by atoms with Gasteiger partial charge in [0.2, 0.25) is 21.7 Å². The van der Waals surface area contributed by atoms with E-state index in [9.17, 15) is 8.42 Å². The average Bonchev–Trinajstić information content (AvgIpc) is 3.12. The minimum Gasteiger partial charge on any atom is -0.496 e. The monoisotopic (exact) mass is 359 g/mol. The lowest BCUT2D eigenvalue weighted by atomic mass is 10.2. The Labute approximate surface area is 145 Å². The predicted molar refractivity (Wildman–Crippen MR) is 91.5 cm³/mol. The van der Waals surface area contributed by atoms with Crippen LogP contribution in [0.5, 0.6) is 5.75 Å². The van der Waals surface area contributed by atoms with Crippen LogP contribution in [-0.2, 0) is 10.0 Å². The first kappa shape index (κ1) is 17.1. The Morgan fingerprint density at radius 2 is 1.76 bits per heavy atom. The van der Waals surface area contributed by atoms with E-state index in [1.54, 1.807) is 44.4 Å². The molecule has 130 valence electrons. The summed E-state index contributed by atoms with van der Waals surface area (Å²) >= 11 is 0. The van der Waals surface area contributed by atoms with Gasteiger partial charge in [-0.15, -0.1) is 0 Å². The fraction of sp³-hybridized carbons (Fsp3) is 0.176. The van der Waals surface area contributed by atoms with Crippen LogP contribution in [0.25, 0.3) is 11.4 Å². The highest BCUT2D eigenvalue weighted by Crippen LogP contribution is 2.28. The van der Waals surface area contributed by atoms with Crippen molar-refractivity contribution in [2.75, 3.05) is 7.11 Å². The van der Waals surface area contributed by atoms with E-state index in [1.165, 1.54) is 12.1 Å². The third-order valence-electron chi connectivity index (χ3n) is 3.55. The fourth-order valence-corrected chi connectivity index (χ4v) is 3.52. The highest BCUT2D eigenvalue weighted by molar-refractivity contribution is 7.89. The molecular formula is C17H17N3O4S. The summed E-state index contributed by atoms with van der Waals surface area (Å²) in [6, 6.07) is 14.7. The van der Waals surface area contributed by atoms with E-state index >= 15 is 0 Å². The third-order valence-corrected chi connectivity index (χ3v) is 5.10. The quantitative estimate of drug-likeness (QED) is 0.727. The molecule has 1 heterocycles. The molecule has 3 rings (SSSR count). The van der Waals surface area contributed by atoms with Crippen molar-refractivity contribution in [3.63, 3.8) is 0 Å². The van der Waals surface area contributed by atoms with Crippen molar-refractivity contribution >= 4 is 10.0 Å². The summed E-state index contributed by atoms with van der Waals surface area (Å²) in [6.45, 7) is 1.64. The second-order valence-corrected chi connectivity index (χ2v) is 7.03. The largest absolute Gasteiger partial charge is 0.496 e. The van der Waals surface area contributed by atoms with Gasteiger partial charge in [0.15, 0.2) is 0 Å². The maximum atomic E-state index is 12.4. The Morgan fingerprint density at radius 3 is 2.48 bits per heavy atom. The molecule has 8 heteroatoms. The summed E-state index contributed by atoms with van der Waals surface area (Å²) < 4.78 is 37.8. The highest BCUT2D eigenvalue weighted by atomic mass is 32.2. The molecule has 0 bridgehead atoms. The van der Waals surface area contributed by atoms with E-state index in [0.717, 1.165) is 0 Å². The van der Waals surface area contributed by atoms with Crippen LogP contribution in [0.4, 0.5) is 0 Å². The zero-order chi connectivity index (χ0) is 17.9. The van der Waals surface area contributed by atoms with Gasteiger partial charge in [0.25, 0.3) is 0 Å². The van der Waals surface area contributed by atoms with Crippen LogP contribution in [0.1, 0.15) is 18.9 Å². The number of sulfonamides is 1. The molecule has 2 aromatic carbocycles. The van der Waals surface area contributed by atoms with Gasteiger partial charge in [0.05, 0.1) is 23.6 Å². The molecular weight excluding hydrogens is 342 g/mol. The molecule has 0 unspecified atom stereocenters. The van der Waals surface area contributed by atoms with Crippen molar-refractivity contribution in [1.82, 2.24) is 14.9 Å². The Kier molecular flexibility index (Phi) is 4.82. The van der Waals surface area contributed by atoms with Gasteiger partial charge in [-0.1, -0.05) is 35.5 Å². The third kappa shape index (κ3) is 3.70. The lowest BCUT2D eigenvalue weighted by Gasteiger charge is -2.10. The first-order valence-corrected chi connectivity index (χ1v) is 9.04. The van der Waals surface area contributed by atoms with Crippen molar-refractivity contribution in [1.29, 1.82) is 0 Å². The Balaban J connectivity index is 1.83. The Bertz CT molecular complexity index is 955. The van der Waals surface area contributed by atoms with Gasteiger partial charge in [0.1, 0.15) is 5.75 Å². The van der Waals surface area contributed by atoms with Crippen LogP contribution in [-0.4, -0.2) is 25.7 Å². The number of para-hydroxylation sites is 1. The first-order chi connectivity index (χ1) is 12.0. The van der Waals surface area contributed by atoms with Gasteiger partial charge in [-0.05, 0) is 31.2 Å². The van der Waals surface area contributed by atoms with Crippen molar-refractivity contribution < 1.29 is 17.7 Å². The number of nitrogens with zero attached hydrogens (tertiary/aromatic N) is 2. The van der Waals surface area contributed by atoms with Gasteiger partial charge in [-0.3, -0.25) is 0 Å². The molecule has 1 N–H and O–H groups in total. The summed E-state index contributed by atoms with van der Waals surface area (Å²) in [5, 5.41) is 3.92. The molecule has 0 aliphatic carbocycles. The van der Waals surface area contributed by atoms with Crippen LogP contribution >= 0.6 is 0 Å². The topological polar surface area (TPSA) is 94.3 Å². The number of hydrogen-bond donors (Lipinski definition) is 1. The fourth-order valence-electron chi connectivity index (χ4n) is 2.30. The maximum Gasteiger partial charge on any atom is 0.244 e. The number of rotatable bonds is 6. The van der Waals surface area contributed by atoms with E-state index in [2.05, 4.69) is 14.9 Å². The smallest absolute Gasteiger partial charge is 0.244 e. The molecule has 0 aliphatic rings. The van der Waals surface area contributed by atoms with Crippen molar-refractivity contribution in [3.05, 3.63) is 60.5 Å². The minimum absolute atomic E-state index is 0.167. The van der Waals surface area contributed by atoms with E-state index in [4.69, 9.17) is 9.26 Å². The number of nitrogens with one attached hydrogen (secondary N) is 1. The normalized spacial score (nSPS) is 12.7. The second kappa shape index (κ2) is 7.04. The van der Waals surface area contributed by atoms with Gasteiger partial charge in [-0.2, -0.15) is 9.71 Å². The van der Waals surface area contributed by atoms with E-state index < -0.39 is 16.1 Å². The molecule has 0 fully saturated rings. The van der Waals surface area contributed by atoms with Gasteiger partial charge in [-0.25, -0.2) is 8.42 Å². The maximum absolute atomic E-state index is 12.4. The molecule has 3 aromatic rings. The highest BCUT2D eigenvalue weighted by Gasteiger charge is 2.23. The zero-order valence-electron chi connectivity index (χ0n) is 13.7. The van der Waals surface area contributed by atoms with Crippen LogP contribution in [0, 0.1) is 0 Å². The molecule has 1 aromatic heterocycles. The summed E-state index contributed by atoms with van der Waals surface area (Å²) in [6.07, 6.45) is 0. The summed E-state index contributed by atoms with van der Waals surface area (Å²) in [4.78, 5) is 4.45. The van der Waals surface area contributed by atoms with Crippen LogP contribution in [0.15, 0.2) is 64.0 Å². The van der Waals surface area contributed by atoms with Gasteiger partial charge >= 0.3 is 0 Å². The summed E-state index contributed by atoms with van der Waals surface area (Å²) in [5.41, 5.74) is 0.665. The predicted octanol–water partition coefficient (Wildman–Crippen LogP) is 2.78. The molecule has 0 radical (unpaired) electrons. The molecule has 0 aliphatic heterocycles. The minimum atomic E-state index is -3.68. The van der Waals surface area contributed by atoms with Gasteiger partial charge < -0.3 is 9.26 Å². The van der Waals surface area contributed by atoms with Crippen LogP contribution in [0.3, 0.4) is 0 Å². The number of aromatic nitrogens is 2. The molecule has 0 saturated heterocycles. The molecule has 0 spiro atoms. The molecule has 0 amide bonds. The van der Waals surface area contributed by atoms with E-state index in [1.807, 2.05) is 12.1 Å². The van der Waals surface area contributed by atoms with Crippen molar-refractivity contribution in [2.24, 2.45) is 0 Å². The van der Waals surface area contributed by atoms with Crippen LogP contribution in [0.2, 0.25) is 0 Å². The Morgan fingerprint density at radius 1 is 1.08 bits per heavy atom. The average molecular weight is 359 g/mol. The SMILES string of the molecule is COc1ccccc1-c1noc([C@@H](C)NS(=O)(=O)c2ccccc2)n1. The number of benzene rings is 2. The molecule has 25 heavy (non-hydrogen) atoms.